The Morgan fingerprint density at radius 3 is 2.28 bits per heavy atom. The molecule has 0 aromatic rings. The van der Waals surface area contributed by atoms with Gasteiger partial charge in [0.15, 0.2) is 0 Å². The predicted octanol–water partition coefficient (Wildman–Crippen LogP) is 1.60. The Morgan fingerprint density at radius 2 is 1.89 bits per heavy atom. The molecular formula is C14H28N2O2. The summed E-state index contributed by atoms with van der Waals surface area (Å²) in [6.07, 6.45) is 0. The number of hydrogen-bond donors (Lipinski definition) is 0. The molecule has 0 radical (unpaired) electrons. The molecule has 3 unspecified atom stereocenters. The highest BCUT2D eigenvalue weighted by Crippen LogP contribution is 2.23. The molecule has 1 saturated heterocycles. The zero-order valence-electron chi connectivity index (χ0n) is 12.9. The molecule has 1 heterocycles. The normalized spacial score (nSPS) is 27.6. The maximum absolute atomic E-state index is 12.1. The highest BCUT2D eigenvalue weighted by atomic mass is 16.6. The number of rotatable bonds is 3. The van der Waals surface area contributed by atoms with Crippen LogP contribution in [0.3, 0.4) is 0 Å². The summed E-state index contributed by atoms with van der Waals surface area (Å²) in [5.74, 6) is 0.471. The summed E-state index contributed by atoms with van der Waals surface area (Å²) >= 11 is 0. The molecule has 18 heavy (non-hydrogen) atoms. The zero-order chi connectivity index (χ0) is 14.1. The minimum absolute atomic E-state index is 0.117. The molecule has 0 amide bonds. The van der Waals surface area contributed by atoms with E-state index in [0.717, 1.165) is 13.1 Å². The Labute approximate surface area is 111 Å². The molecule has 1 aliphatic heterocycles. The number of nitrogens with zero attached hydrogens (tertiary/aromatic N) is 2. The van der Waals surface area contributed by atoms with Crippen LogP contribution < -0.4 is 0 Å². The smallest absolute Gasteiger partial charge is 0.323 e. The molecule has 0 spiro atoms. The number of esters is 1. The van der Waals surface area contributed by atoms with Crippen molar-refractivity contribution in [3.63, 3.8) is 0 Å². The molecule has 0 N–H and O–H groups in total. The predicted molar refractivity (Wildman–Crippen MR) is 73.5 cm³/mol. The molecule has 0 aromatic carbocycles. The van der Waals surface area contributed by atoms with E-state index >= 15 is 0 Å². The van der Waals surface area contributed by atoms with Crippen LogP contribution in [0.5, 0.6) is 0 Å². The van der Waals surface area contributed by atoms with Crippen LogP contribution in [-0.2, 0) is 9.53 Å². The van der Waals surface area contributed by atoms with E-state index in [1.54, 1.807) is 0 Å². The number of carbonyl (C=O) groups is 1. The van der Waals surface area contributed by atoms with Gasteiger partial charge in [0.1, 0.15) is 11.6 Å². The van der Waals surface area contributed by atoms with E-state index in [4.69, 9.17) is 4.74 Å². The topological polar surface area (TPSA) is 32.8 Å². The average molecular weight is 256 g/mol. The molecule has 1 aliphatic rings. The van der Waals surface area contributed by atoms with Crippen molar-refractivity contribution in [2.75, 3.05) is 27.2 Å². The fourth-order valence-electron chi connectivity index (χ4n) is 2.51. The SMILES string of the molecule is CC1CN(C(C)C(=O)OC(C)(C)C)CC1N(C)C. The van der Waals surface area contributed by atoms with E-state index in [0.29, 0.717) is 12.0 Å². The number of ether oxygens (including phenoxy) is 1. The summed E-state index contributed by atoms with van der Waals surface area (Å²) < 4.78 is 5.45. The summed E-state index contributed by atoms with van der Waals surface area (Å²) in [5, 5.41) is 0. The summed E-state index contributed by atoms with van der Waals surface area (Å²) in [5.41, 5.74) is -0.405. The standard InChI is InChI=1S/C14H28N2O2/c1-10-8-16(9-12(10)15(6)7)11(2)13(17)18-14(3,4)5/h10-12H,8-9H2,1-7H3. The first-order chi connectivity index (χ1) is 8.11. The van der Waals surface area contributed by atoms with Gasteiger partial charge in [0, 0.05) is 19.1 Å². The van der Waals surface area contributed by atoms with Gasteiger partial charge in [-0.05, 0) is 47.7 Å². The van der Waals surface area contributed by atoms with Crippen LogP contribution in [0.1, 0.15) is 34.6 Å². The van der Waals surface area contributed by atoms with Gasteiger partial charge in [0.05, 0.1) is 0 Å². The number of carbonyl (C=O) groups excluding carboxylic acids is 1. The van der Waals surface area contributed by atoms with E-state index in [2.05, 4.69) is 30.8 Å². The molecule has 0 saturated carbocycles. The van der Waals surface area contributed by atoms with Crippen molar-refractivity contribution < 1.29 is 9.53 Å². The third kappa shape index (κ3) is 3.95. The largest absolute Gasteiger partial charge is 0.459 e. The van der Waals surface area contributed by atoms with Crippen molar-refractivity contribution in [1.29, 1.82) is 0 Å². The van der Waals surface area contributed by atoms with Gasteiger partial charge in [-0.2, -0.15) is 0 Å². The van der Waals surface area contributed by atoms with Crippen LogP contribution in [0, 0.1) is 5.92 Å². The second-order valence-electron chi connectivity index (χ2n) is 6.67. The van der Waals surface area contributed by atoms with Crippen LogP contribution in [0.15, 0.2) is 0 Å². The van der Waals surface area contributed by atoms with Crippen molar-refractivity contribution in [2.24, 2.45) is 5.92 Å². The van der Waals surface area contributed by atoms with E-state index in [1.807, 2.05) is 27.7 Å². The maximum Gasteiger partial charge on any atom is 0.323 e. The van der Waals surface area contributed by atoms with Gasteiger partial charge in [0.2, 0.25) is 0 Å². The Bertz CT molecular complexity index is 297. The monoisotopic (exact) mass is 256 g/mol. The summed E-state index contributed by atoms with van der Waals surface area (Å²) in [6, 6.07) is 0.367. The molecule has 0 bridgehead atoms. The molecular weight excluding hydrogens is 228 g/mol. The fourth-order valence-corrected chi connectivity index (χ4v) is 2.51. The highest BCUT2D eigenvalue weighted by molar-refractivity contribution is 5.75. The number of hydrogen-bond acceptors (Lipinski definition) is 4. The van der Waals surface area contributed by atoms with Gasteiger partial charge in [0.25, 0.3) is 0 Å². The summed E-state index contributed by atoms with van der Waals surface area (Å²) in [6.45, 7) is 11.8. The van der Waals surface area contributed by atoms with Crippen LogP contribution >= 0.6 is 0 Å². The van der Waals surface area contributed by atoms with Crippen LogP contribution in [0.4, 0.5) is 0 Å². The molecule has 3 atom stereocenters. The summed E-state index contributed by atoms with van der Waals surface area (Å²) in [4.78, 5) is 16.5. The third-order valence-corrected chi connectivity index (χ3v) is 3.56. The van der Waals surface area contributed by atoms with Crippen LogP contribution in [-0.4, -0.2) is 60.6 Å². The molecule has 0 aromatic heterocycles. The molecule has 4 heteroatoms. The van der Waals surface area contributed by atoms with Crippen molar-refractivity contribution in [3.8, 4) is 0 Å². The lowest BCUT2D eigenvalue weighted by molar-refractivity contribution is -0.160. The first kappa shape index (κ1) is 15.4. The Balaban J connectivity index is 2.59. The molecule has 1 fully saturated rings. The van der Waals surface area contributed by atoms with E-state index in [9.17, 15) is 4.79 Å². The molecule has 4 nitrogen and oxygen atoms in total. The minimum atomic E-state index is -0.405. The van der Waals surface area contributed by atoms with Crippen LogP contribution in [0.25, 0.3) is 0 Å². The van der Waals surface area contributed by atoms with Crippen molar-refractivity contribution in [1.82, 2.24) is 9.80 Å². The highest BCUT2D eigenvalue weighted by Gasteiger charge is 2.36. The van der Waals surface area contributed by atoms with Crippen molar-refractivity contribution in [3.05, 3.63) is 0 Å². The van der Waals surface area contributed by atoms with Crippen LogP contribution in [0.2, 0.25) is 0 Å². The fraction of sp³-hybridized carbons (Fsp3) is 0.929. The average Bonchev–Trinajstić information content (AvgIpc) is 2.56. The summed E-state index contributed by atoms with van der Waals surface area (Å²) in [7, 11) is 4.20. The van der Waals surface area contributed by atoms with E-state index < -0.39 is 5.60 Å². The van der Waals surface area contributed by atoms with Gasteiger partial charge in [-0.25, -0.2) is 0 Å². The van der Waals surface area contributed by atoms with Crippen molar-refractivity contribution >= 4 is 5.97 Å². The second-order valence-corrected chi connectivity index (χ2v) is 6.67. The third-order valence-electron chi connectivity index (χ3n) is 3.56. The first-order valence-corrected chi connectivity index (χ1v) is 6.75. The lowest BCUT2D eigenvalue weighted by Crippen LogP contribution is -2.42. The quantitative estimate of drug-likeness (QED) is 0.718. The lowest BCUT2D eigenvalue weighted by atomic mass is 10.1. The zero-order valence-corrected chi connectivity index (χ0v) is 12.9. The van der Waals surface area contributed by atoms with Gasteiger partial charge in [-0.3, -0.25) is 9.69 Å². The van der Waals surface area contributed by atoms with Crippen molar-refractivity contribution in [2.45, 2.75) is 52.3 Å². The number of likely N-dealkylation sites (tertiary alicyclic amines) is 1. The Morgan fingerprint density at radius 1 is 1.33 bits per heavy atom. The molecule has 106 valence electrons. The van der Waals surface area contributed by atoms with E-state index in [-0.39, 0.29) is 12.0 Å². The second kappa shape index (κ2) is 5.57. The van der Waals surface area contributed by atoms with Gasteiger partial charge < -0.3 is 9.64 Å². The van der Waals surface area contributed by atoms with Gasteiger partial charge in [-0.15, -0.1) is 0 Å². The Hall–Kier alpha value is -0.610. The first-order valence-electron chi connectivity index (χ1n) is 6.75. The lowest BCUT2D eigenvalue weighted by Gasteiger charge is -2.28. The molecule has 1 rings (SSSR count). The molecule has 0 aliphatic carbocycles. The van der Waals surface area contributed by atoms with Gasteiger partial charge >= 0.3 is 5.97 Å². The minimum Gasteiger partial charge on any atom is -0.459 e. The van der Waals surface area contributed by atoms with E-state index in [1.165, 1.54) is 0 Å². The Kier molecular flexibility index (Phi) is 4.78. The number of likely N-dealkylation sites (N-methyl/N-ethyl adjacent to an activating group) is 1. The van der Waals surface area contributed by atoms with Gasteiger partial charge in [-0.1, -0.05) is 6.92 Å². The maximum atomic E-state index is 12.1.